The number of benzene rings is 2. The van der Waals surface area contributed by atoms with E-state index in [1.54, 1.807) is 0 Å². The Bertz CT molecular complexity index is 928. The van der Waals surface area contributed by atoms with Crippen LogP contribution in [0.15, 0.2) is 47.4 Å². The minimum Gasteiger partial charge on any atom is -0.351 e. The number of carbonyl (C=O) groups excluding carboxylic acids is 1. The molecular formula is C19H21ClN2O3S. The highest BCUT2D eigenvalue weighted by atomic mass is 35.5. The van der Waals surface area contributed by atoms with Crippen LogP contribution in [-0.4, -0.2) is 45.1 Å². The first-order chi connectivity index (χ1) is 12.3. The highest BCUT2D eigenvalue weighted by Gasteiger charge is 2.17. The molecule has 0 unspecified atom stereocenters. The molecule has 5 nitrogen and oxygen atoms in total. The first-order valence-electron chi connectivity index (χ1n) is 8.41. The number of hydrogen-bond donors (Lipinski definition) is 1. The lowest BCUT2D eigenvalue weighted by Gasteiger charge is -2.28. The SMILES string of the molecule is CS(=O)(=O)c1cc(C(=O)NCCN2CCc3ccccc3C2)ccc1Cl. The molecule has 0 aliphatic carbocycles. The standard InChI is InChI=1S/C19H21ClN2O3S/c1-26(24,25)18-12-15(6-7-17(18)20)19(23)21-9-11-22-10-8-14-4-2-3-5-16(14)13-22/h2-7,12H,8-11,13H2,1H3,(H,21,23). The summed E-state index contributed by atoms with van der Waals surface area (Å²) in [6.45, 7) is 3.09. The van der Waals surface area contributed by atoms with Gasteiger partial charge in [0.25, 0.3) is 5.91 Å². The summed E-state index contributed by atoms with van der Waals surface area (Å²) in [6, 6.07) is 12.7. The second-order valence-corrected chi connectivity index (χ2v) is 8.86. The zero-order valence-corrected chi connectivity index (χ0v) is 16.1. The van der Waals surface area contributed by atoms with Gasteiger partial charge >= 0.3 is 0 Å². The Balaban J connectivity index is 1.57. The smallest absolute Gasteiger partial charge is 0.251 e. The Morgan fingerprint density at radius 3 is 2.65 bits per heavy atom. The van der Waals surface area contributed by atoms with Crippen LogP contribution in [0.3, 0.4) is 0 Å². The molecule has 3 rings (SSSR count). The quantitative estimate of drug-likeness (QED) is 0.849. The van der Waals surface area contributed by atoms with Gasteiger partial charge in [0, 0.05) is 38.0 Å². The third-order valence-electron chi connectivity index (χ3n) is 4.52. The van der Waals surface area contributed by atoms with Crippen molar-refractivity contribution in [2.24, 2.45) is 0 Å². The van der Waals surface area contributed by atoms with E-state index in [-0.39, 0.29) is 15.8 Å². The maximum absolute atomic E-state index is 12.3. The molecule has 0 radical (unpaired) electrons. The zero-order chi connectivity index (χ0) is 18.7. The number of sulfone groups is 1. The van der Waals surface area contributed by atoms with Crippen molar-refractivity contribution in [3.63, 3.8) is 0 Å². The molecule has 26 heavy (non-hydrogen) atoms. The molecule has 0 fully saturated rings. The fourth-order valence-electron chi connectivity index (χ4n) is 3.10. The molecule has 1 aliphatic rings. The van der Waals surface area contributed by atoms with Crippen molar-refractivity contribution in [2.45, 2.75) is 17.9 Å². The van der Waals surface area contributed by atoms with Gasteiger partial charge in [0.1, 0.15) is 0 Å². The van der Waals surface area contributed by atoms with Crippen LogP contribution in [0.4, 0.5) is 0 Å². The van der Waals surface area contributed by atoms with Gasteiger partial charge in [-0.25, -0.2) is 8.42 Å². The van der Waals surface area contributed by atoms with Gasteiger partial charge < -0.3 is 5.32 Å². The molecule has 0 saturated heterocycles. The largest absolute Gasteiger partial charge is 0.351 e. The normalized spacial score (nSPS) is 14.7. The molecular weight excluding hydrogens is 372 g/mol. The lowest BCUT2D eigenvalue weighted by molar-refractivity contribution is 0.0947. The highest BCUT2D eigenvalue weighted by Crippen LogP contribution is 2.22. The van der Waals surface area contributed by atoms with Crippen LogP contribution in [0.2, 0.25) is 5.02 Å². The molecule has 1 amide bonds. The molecule has 0 atom stereocenters. The number of fused-ring (bicyclic) bond motifs is 1. The third kappa shape index (κ3) is 4.44. The summed E-state index contributed by atoms with van der Waals surface area (Å²) in [5.74, 6) is -0.302. The molecule has 1 N–H and O–H groups in total. The first kappa shape index (κ1) is 18.9. The van der Waals surface area contributed by atoms with E-state index >= 15 is 0 Å². The van der Waals surface area contributed by atoms with Crippen molar-refractivity contribution in [3.05, 3.63) is 64.2 Å². The number of rotatable bonds is 5. The lowest BCUT2D eigenvalue weighted by atomic mass is 10.00. The number of nitrogens with zero attached hydrogens (tertiary/aromatic N) is 1. The molecule has 138 valence electrons. The monoisotopic (exact) mass is 392 g/mol. The van der Waals surface area contributed by atoms with E-state index < -0.39 is 9.84 Å². The van der Waals surface area contributed by atoms with Crippen molar-refractivity contribution in [2.75, 3.05) is 25.9 Å². The molecule has 0 spiro atoms. The molecule has 0 aromatic heterocycles. The summed E-state index contributed by atoms with van der Waals surface area (Å²) in [5, 5.41) is 2.97. The van der Waals surface area contributed by atoms with Crippen molar-refractivity contribution >= 4 is 27.3 Å². The van der Waals surface area contributed by atoms with Crippen molar-refractivity contribution in [1.29, 1.82) is 0 Å². The number of hydrogen-bond acceptors (Lipinski definition) is 4. The predicted molar refractivity (Wildman–Crippen MR) is 102 cm³/mol. The van der Waals surface area contributed by atoms with E-state index in [2.05, 4.69) is 28.4 Å². The molecule has 2 aromatic carbocycles. The first-order valence-corrected chi connectivity index (χ1v) is 10.7. The van der Waals surface area contributed by atoms with Gasteiger partial charge in [-0.3, -0.25) is 9.69 Å². The number of halogens is 1. The Labute approximate surface area is 158 Å². The van der Waals surface area contributed by atoms with Crippen LogP contribution in [0, 0.1) is 0 Å². The summed E-state index contributed by atoms with van der Waals surface area (Å²) in [5.41, 5.74) is 3.02. The molecule has 0 bridgehead atoms. The van der Waals surface area contributed by atoms with E-state index in [0.29, 0.717) is 12.1 Å². The van der Waals surface area contributed by atoms with Crippen LogP contribution >= 0.6 is 11.6 Å². The molecule has 2 aromatic rings. The van der Waals surface area contributed by atoms with E-state index in [0.717, 1.165) is 32.3 Å². The van der Waals surface area contributed by atoms with E-state index in [1.165, 1.54) is 29.3 Å². The van der Waals surface area contributed by atoms with Crippen LogP contribution < -0.4 is 5.32 Å². The van der Waals surface area contributed by atoms with E-state index in [4.69, 9.17) is 11.6 Å². The van der Waals surface area contributed by atoms with Gasteiger partial charge in [-0.05, 0) is 35.7 Å². The van der Waals surface area contributed by atoms with Crippen LogP contribution in [0.5, 0.6) is 0 Å². The lowest BCUT2D eigenvalue weighted by Crippen LogP contribution is -2.37. The van der Waals surface area contributed by atoms with Gasteiger partial charge in [-0.2, -0.15) is 0 Å². The zero-order valence-electron chi connectivity index (χ0n) is 14.5. The number of carbonyl (C=O) groups is 1. The average molecular weight is 393 g/mol. The minimum absolute atomic E-state index is 0.0283. The molecule has 1 aliphatic heterocycles. The Morgan fingerprint density at radius 2 is 1.92 bits per heavy atom. The highest BCUT2D eigenvalue weighted by molar-refractivity contribution is 7.90. The summed E-state index contributed by atoms with van der Waals surface area (Å²) < 4.78 is 23.5. The summed E-state index contributed by atoms with van der Waals surface area (Å²) in [4.78, 5) is 14.6. The Hall–Kier alpha value is -1.89. The molecule has 0 saturated carbocycles. The number of nitrogens with one attached hydrogen (secondary N) is 1. The molecule has 7 heteroatoms. The Kier molecular flexibility index (Phi) is 5.65. The topological polar surface area (TPSA) is 66.5 Å². The van der Waals surface area contributed by atoms with E-state index in [9.17, 15) is 13.2 Å². The average Bonchev–Trinajstić information content (AvgIpc) is 2.61. The van der Waals surface area contributed by atoms with Crippen molar-refractivity contribution in [1.82, 2.24) is 10.2 Å². The maximum Gasteiger partial charge on any atom is 0.251 e. The predicted octanol–water partition coefficient (Wildman–Crippen LogP) is 2.53. The van der Waals surface area contributed by atoms with Crippen LogP contribution in [-0.2, 0) is 22.8 Å². The van der Waals surface area contributed by atoms with E-state index in [1.807, 2.05) is 6.07 Å². The molecule has 1 heterocycles. The fraction of sp³-hybridized carbons (Fsp3) is 0.316. The third-order valence-corrected chi connectivity index (χ3v) is 6.09. The van der Waals surface area contributed by atoms with Gasteiger partial charge in [0.15, 0.2) is 9.84 Å². The number of amides is 1. The van der Waals surface area contributed by atoms with Gasteiger partial charge in [0.05, 0.1) is 9.92 Å². The summed E-state index contributed by atoms with van der Waals surface area (Å²) >= 11 is 5.92. The maximum atomic E-state index is 12.3. The fourth-order valence-corrected chi connectivity index (χ4v) is 4.40. The van der Waals surface area contributed by atoms with Gasteiger partial charge in [-0.1, -0.05) is 35.9 Å². The van der Waals surface area contributed by atoms with Gasteiger partial charge in [-0.15, -0.1) is 0 Å². The second-order valence-electron chi connectivity index (χ2n) is 6.47. The van der Waals surface area contributed by atoms with Crippen molar-refractivity contribution in [3.8, 4) is 0 Å². The second kappa shape index (κ2) is 7.78. The summed E-state index contributed by atoms with van der Waals surface area (Å²) in [6.07, 6.45) is 2.09. The van der Waals surface area contributed by atoms with Gasteiger partial charge in [0.2, 0.25) is 0 Å². The van der Waals surface area contributed by atoms with Crippen molar-refractivity contribution < 1.29 is 13.2 Å². The van der Waals surface area contributed by atoms with Crippen LogP contribution in [0.25, 0.3) is 0 Å². The minimum atomic E-state index is -3.48. The van der Waals surface area contributed by atoms with Crippen LogP contribution in [0.1, 0.15) is 21.5 Å². The summed E-state index contributed by atoms with van der Waals surface area (Å²) in [7, 11) is -3.48. The Morgan fingerprint density at radius 1 is 1.19 bits per heavy atom.